The van der Waals surface area contributed by atoms with Gasteiger partial charge in [-0.05, 0) is 24.0 Å². The predicted molar refractivity (Wildman–Crippen MR) is 91.3 cm³/mol. The third-order valence-electron chi connectivity index (χ3n) is 3.07. The van der Waals surface area contributed by atoms with Crippen LogP contribution in [0.3, 0.4) is 0 Å². The quantitative estimate of drug-likeness (QED) is 0.541. The average Bonchev–Trinajstić information content (AvgIpc) is 2.55. The topological polar surface area (TPSA) is 119 Å². The van der Waals surface area contributed by atoms with Gasteiger partial charge in [-0.3, -0.25) is 0 Å². The largest absolute Gasteiger partial charge is 0.398 e. The minimum Gasteiger partial charge on any atom is -0.398 e. The number of hydrogen-bond acceptors (Lipinski definition) is 7. The van der Waals surface area contributed by atoms with Gasteiger partial charge in [0.25, 0.3) is 0 Å². The van der Waals surface area contributed by atoms with E-state index in [1.807, 2.05) is 0 Å². The maximum Gasteiger partial charge on any atom is 0.389 e. The van der Waals surface area contributed by atoms with Crippen molar-refractivity contribution in [1.82, 2.24) is 4.31 Å². The molecule has 0 aliphatic rings. The van der Waals surface area contributed by atoms with Crippen molar-refractivity contribution in [1.29, 1.82) is 0 Å². The molecule has 0 fully saturated rings. The molecule has 0 aliphatic carbocycles. The van der Waals surface area contributed by atoms with E-state index in [2.05, 4.69) is 41.0 Å². The summed E-state index contributed by atoms with van der Waals surface area (Å²) < 4.78 is 31.1. The number of methoxy groups -OCH3 is 1. The van der Waals surface area contributed by atoms with E-state index in [9.17, 15) is 13.2 Å². The third-order valence-corrected chi connectivity index (χ3v) is 4.33. The molecule has 0 radical (unpaired) electrons. The molecule has 8 nitrogen and oxygen atoms in total. The monoisotopic (exact) mass is 362 g/mol. The Bertz CT molecular complexity index is 596. The molecule has 138 valence electrons. The second-order valence-electron chi connectivity index (χ2n) is 4.78. The Kier molecular flexibility index (Phi) is 10.2. The SMILES string of the molecule is CCc1cccc(CC)c1N.COCN(C)S(=O)(=O)OC(=O)CO. The fourth-order valence-electron chi connectivity index (χ4n) is 1.74. The summed E-state index contributed by atoms with van der Waals surface area (Å²) >= 11 is 0. The number of ether oxygens (including phenoxy) is 1. The summed E-state index contributed by atoms with van der Waals surface area (Å²) in [5.74, 6) is -1.23. The van der Waals surface area contributed by atoms with E-state index in [0.29, 0.717) is 4.31 Å². The summed E-state index contributed by atoms with van der Waals surface area (Å²) in [7, 11) is -1.67. The van der Waals surface area contributed by atoms with E-state index in [1.165, 1.54) is 25.3 Å². The minimum atomic E-state index is -4.13. The molecule has 0 saturated heterocycles. The molecule has 0 unspecified atom stereocenters. The lowest BCUT2D eigenvalue weighted by molar-refractivity contribution is -0.137. The van der Waals surface area contributed by atoms with E-state index >= 15 is 0 Å². The molecular formula is C15H26N2O6S. The summed E-state index contributed by atoms with van der Waals surface area (Å²) in [5.41, 5.74) is 9.42. The molecule has 1 rings (SSSR count). The highest BCUT2D eigenvalue weighted by molar-refractivity contribution is 7.84. The van der Waals surface area contributed by atoms with Crippen LogP contribution in [0, 0.1) is 0 Å². The highest BCUT2D eigenvalue weighted by Crippen LogP contribution is 2.17. The number of nitrogens with two attached hydrogens (primary N) is 1. The van der Waals surface area contributed by atoms with Crippen LogP contribution < -0.4 is 5.73 Å². The molecule has 0 bridgehead atoms. The van der Waals surface area contributed by atoms with Crippen LogP contribution in [-0.2, 0) is 36.9 Å². The van der Waals surface area contributed by atoms with Crippen LogP contribution in [0.2, 0.25) is 0 Å². The fourth-order valence-corrected chi connectivity index (χ4v) is 2.39. The number of aryl methyl sites for hydroxylation is 2. The van der Waals surface area contributed by atoms with E-state index in [-0.39, 0.29) is 6.73 Å². The summed E-state index contributed by atoms with van der Waals surface area (Å²) in [5, 5.41) is 8.22. The molecule has 0 spiro atoms. The Labute approximate surface area is 143 Å². The van der Waals surface area contributed by atoms with Crippen molar-refractivity contribution in [3.8, 4) is 0 Å². The van der Waals surface area contributed by atoms with Crippen LogP contribution in [0.1, 0.15) is 25.0 Å². The summed E-state index contributed by atoms with van der Waals surface area (Å²) in [4.78, 5) is 10.4. The molecule has 1 aromatic rings. The number of carbonyl (C=O) groups excluding carboxylic acids is 1. The number of para-hydroxylation sites is 1. The summed E-state index contributed by atoms with van der Waals surface area (Å²) in [6, 6.07) is 6.26. The maximum atomic E-state index is 11.0. The van der Waals surface area contributed by atoms with Gasteiger partial charge < -0.3 is 19.8 Å². The Hall–Kier alpha value is -1.68. The molecule has 0 heterocycles. The molecule has 24 heavy (non-hydrogen) atoms. The summed E-state index contributed by atoms with van der Waals surface area (Å²) in [6.45, 7) is 3.04. The van der Waals surface area contributed by atoms with Crippen molar-refractivity contribution < 1.29 is 27.2 Å². The van der Waals surface area contributed by atoms with Crippen molar-refractivity contribution in [3.05, 3.63) is 29.3 Å². The Morgan fingerprint density at radius 3 is 2.12 bits per heavy atom. The van der Waals surface area contributed by atoms with Crippen LogP contribution in [0.5, 0.6) is 0 Å². The first kappa shape index (κ1) is 22.3. The van der Waals surface area contributed by atoms with Crippen LogP contribution in [0.15, 0.2) is 18.2 Å². The number of benzene rings is 1. The number of carbonyl (C=O) groups is 1. The van der Waals surface area contributed by atoms with Gasteiger partial charge in [-0.15, -0.1) is 4.31 Å². The number of nitrogens with zero attached hydrogens (tertiary/aromatic N) is 1. The van der Waals surface area contributed by atoms with Gasteiger partial charge >= 0.3 is 16.3 Å². The van der Waals surface area contributed by atoms with E-state index < -0.39 is 22.9 Å². The van der Waals surface area contributed by atoms with Crippen molar-refractivity contribution in [2.24, 2.45) is 0 Å². The predicted octanol–water partition coefficient (Wildman–Crippen LogP) is 0.696. The van der Waals surface area contributed by atoms with Gasteiger partial charge in [-0.1, -0.05) is 32.0 Å². The van der Waals surface area contributed by atoms with Crippen molar-refractivity contribution in [3.63, 3.8) is 0 Å². The number of hydrogen-bond donors (Lipinski definition) is 2. The van der Waals surface area contributed by atoms with Gasteiger partial charge in [0.1, 0.15) is 13.3 Å². The lowest BCUT2D eigenvalue weighted by Gasteiger charge is -2.13. The second kappa shape index (κ2) is 11.0. The standard InChI is InChI=1S/C10H15N.C5H11NO6S/c1-3-8-6-5-7-9(4-2)10(8)11;1-6(4-11-2)13(9,10)12-5(8)3-7/h5-7H,3-4,11H2,1-2H3;7H,3-4H2,1-2H3. The van der Waals surface area contributed by atoms with E-state index in [1.54, 1.807) is 0 Å². The highest BCUT2D eigenvalue weighted by Gasteiger charge is 2.22. The lowest BCUT2D eigenvalue weighted by Crippen LogP contribution is -2.32. The number of aliphatic hydroxyl groups excluding tert-OH is 1. The van der Waals surface area contributed by atoms with Gasteiger partial charge in [0.05, 0.1) is 0 Å². The van der Waals surface area contributed by atoms with Gasteiger partial charge in [-0.25, -0.2) is 4.79 Å². The second-order valence-corrected chi connectivity index (χ2v) is 6.43. The molecule has 3 N–H and O–H groups in total. The third kappa shape index (κ3) is 7.26. The van der Waals surface area contributed by atoms with Gasteiger partial charge in [0, 0.05) is 19.8 Å². The van der Waals surface area contributed by atoms with Gasteiger partial charge in [0.15, 0.2) is 0 Å². The molecule has 9 heteroatoms. The maximum absolute atomic E-state index is 11.0. The first-order valence-electron chi connectivity index (χ1n) is 7.37. The molecule has 0 atom stereocenters. The molecule has 0 aliphatic heterocycles. The van der Waals surface area contributed by atoms with Gasteiger partial charge in [-0.2, -0.15) is 8.42 Å². The number of rotatable bonds is 7. The molecule has 0 amide bonds. The van der Waals surface area contributed by atoms with Crippen molar-refractivity contribution in [2.45, 2.75) is 26.7 Å². The molecule has 1 aromatic carbocycles. The van der Waals surface area contributed by atoms with Crippen LogP contribution >= 0.6 is 0 Å². The zero-order valence-electron chi connectivity index (χ0n) is 14.5. The first-order valence-corrected chi connectivity index (χ1v) is 8.74. The van der Waals surface area contributed by atoms with E-state index in [0.717, 1.165) is 18.5 Å². The fraction of sp³-hybridized carbons (Fsp3) is 0.533. The van der Waals surface area contributed by atoms with Gasteiger partial charge in [0.2, 0.25) is 0 Å². The Balaban J connectivity index is 0.000000446. The Morgan fingerprint density at radius 2 is 1.75 bits per heavy atom. The highest BCUT2D eigenvalue weighted by atomic mass is 32.2. The van der Waals surface area contributed by atoms with Crippen LogP contribution in [-0.4, -0.2) is 51.3 Å². The molecule has 0 aromatic heterocycles. The smallest absolute Gasteiger partial charge is 0.389 e. The van der Waals surface area contributed by atoms with E-state index in [4.69, 9.17) is 10.8 Å². The zero-order valence-corrected chi connectivity index (χ0v) is 15.3. The van der Waals surface area contributed by atoms with Crippen LogP contribution in [0.4, 0.5) is 5.69 Å². The van der Waals surface area contributed by atoms with Crippen LogP contribution in [0.25, 0.3) is 0 Å². The van der Waals surface area contributed by atoms with Crippen molar-refractivity contribution >= 4 is 22.0 Å². The Morgan fingerprint density at radius 1 is 1.25 bits per heavy atom. The average molecular weight is 362 g/mol. The molecule has 0 saturated carbocycles. The number of nitrogen functional groups attached to an aromatic ring is 1. The lowest BCUT2D eigenvalue weighted by atomic mass is 10.0. The molecular weight excluding hydrogens is 336 g/mol. The van der Waals surface area contributed by atoms with Crippen molar-refractivity contribution in [2.75, 3.05) is 33.2 Å². The minimum absolute atomic E-state index is 0.235. The zero-order chi connectivity index (χ0) is 18.8. The normalized spacial score (nSPS) is 10.9. The number of anilines is 1. The first-order chi connectivity index (χ1) is 11.2. The number of aliphatic hydroxyl groups is 1. The summed E-state index contributed by atoms with van der Waals surface area (Å²) in [6.07, 6.45) is 2.05.